The summed E-state index contributed by atoms with van der Waals surface area (Å²) in [5, 5.41) is 14.9. The summed E-state index contributed by atoms with van der Waals surface area (Å²) in [6.07, 6.45) is 2.06. The number of carboxylic acids is 1. The summed E-state index contributed by atoms with van der Waals surface area (Å²) in [4.78, 5) is 26.7. The van der Waals surface area contributed by atoms with Crippen molar-refractivity contribution in [1.82, 2.24) is 9.88 Å². The van der Waals surface area contributed by atoms with Gasteiger partial charge in [0.05, 0.1) is 23.1 Å². The Morgan fingerprint density at radius 3 is 2.43 bits per heavy atom. The zero-order chi connectivity index (χ0) is 26.9. The van der Waals surface area contributed by atoms with E-state index in [0.29, 0.717) is 30.5 Å². The van der Waals surface area contributed by atoms with E-state index < -0.39 is 32.9 Å². The van der Waals surface area contributed by atoms with Gasteiger partial charge in [0.2, 0.25) is 5.43 Å². The number of aromatic nitrogens is 1. The number of halogens is 1. The van der Waals surface area contributed by atoms with Gasteiger partial charge in [0.15, 0.2) is 0 Å². The number of hydrogen-bond acceptors (Lipinski definition) is 6. The molecule has 0 amide bonds. The molecule has 0 spiro atoms. The van der Waals surface area contributed by atoms with Crippen LogP contribution in [-0.2, 0) is 10.1 Å². The van der Waals surface area contributed by atoms with Crippen LogP contribution in [0.25, 0.3) is 27.4 Å². The predicted octanol–water partition coefficient (Wildman–Crippen LogP) is 3.28. The molecule has 3 N–H and O–H groups in total. The van der Waals surface area contributed by atoms with Crippen LogP contribution in [0.5, 0.6) is 0 Å². The van der Waals surface area contributed by atoms with Gasteiger partial charge >= 0.3 is 5.97 Å². The van der Waals surface area contributed by atoms with Crippen LogP contribution in [0.4, 0.5) is 10.1 Å². The van der Waals surface area contributed by atoms with Gasteiger partial charge in [-0.05, 0) is 30.5 Å². The molecular formula is C26H26FN3O6S. The van der Waals surface area contributed by atoms with Crippen molar-refractivity contribution in [1.29, 1.82) is 0 Å². The van der Waals surface area contributed by atoms with Crippen LogP contribution in [0.1, 0.15) is 17.3 Å². The van der Waals surface area contributed by atoms with Crippen LogP contribution in [0, 0.1) is 5.82 Å². The van der Waals surface area contributed by atoms with Crippen molar-refractivity contribution in [3.63, 3.8) is 0 Å². The van der Waals surface area contributed by atoms with Gasteiger partial charge in [-0.2, -0.15) is 8.42 Å². The van der Waals surface area contributed by atoms with Gasteiger partial charge in [-0.25, -0.2) is 9.18 Å². The molecule has 0 bridgehead atoms. The lowest BCUT2D eigenvalue weighted by molar-refractivity contribution is 0.0695. The molecule has 11 heteroatoms. The van der Waals surface area contributed by atoms with E-state index in [2.05, 4.69) is 5.32 Å². The van der Waals surface area contributed by atoms with Crippen molar-refractivity contribution >= 4 is 43.5 Å². The number of carbonyl (C=O) groups is 1. The van der Waals surface area contributed by atoms with Gasteiger partial charge in [0, 0.05) is 42.6 Å². The van der Waals surface area contributed by atoms with Crippen molar-refractivity contribution in [2.24, 2.45) is 0 Å². The van der Waals surface area contributed by atoms with E-state index in [0.717, 1.165) is 23.0 Å². The van der Waals surface area contributed by atoms with Gasteiger partial charge in [-0.3, -0.25) is 9.35 Å². The van der Waals surface area contributed by atoms with E-state index >= 15 is 4.39 Å². The average molecular weight is 528 g/mol. The fourth-order valence-corrected chi connectivity index (χ4v) is 4.50. The standard InChI is InChI=1S/C25H22FN3O3.CH4O3S/c1-15-13-28(10-9-27-15)23-12-22-18(11-20(23)26)24(30)19(25(31)32)14-29(22)21-8-4-6-16-5-2-3-7-17(16)21;1-5(2,3)4/h2-8,11-12,14-15,27H,9-10,13H2,1H3,(H,31,32);1H3,(H,2,3,4). The van der Waals surface area contributed by atoms with Crippen LogP contribution < -0.4 is 15.6 Å². The molecule has 9 nitrogen and oxygen atoms in total. The second kappa shape index (κ2) is 10.3. The molecule has 0 radical (unpaired) electrons. The fourth-order valence-electron chi connectivity index (χ4n) is 4.50. The maximum absolute atomic E-state index is 15.2. The highest BCUT2D eigenvalue weighted by atomic mass is 32.2. The number of pyridine rings is 1. The molecule has 3 aromatic carbocycles. The number of aromatic carboxylic acids is 1. The molecule has 0 saturated carbocycles. The Morgan fingerprint density at radius 1 is 1.08 bits per heavy atom. The number of fused-ring (bicyclic) bond motifs is 2. The molecule has 1 unspecified atom stereocenters. The third-order valence-electron chi connectivity index (χ3n) is 6.04. The third kappa shape index (κ3) is 5.79. The average Bonchev–Trinajstić information content (AvgIpc) is 2.83. The normalized spacial score (nSPS) is 15.9. The molecule has 1 saturated heterocycles. The molecule has 4 aromatic rings. The van der Waals surface area contributed by atoms with E-state index in [1.54, 1.807) is 10.6 Å². The number of benzene rings is 3. The fraction of sp³-hybridized carbons (Fsp3) is 0.231. The largest absolute Gasteiger partial charge is 0.477 e. The molecule has 2 heterocycles. The Labute approximate surface area is 212 Å². The number of anilines is 1. The first-order valence-electron chi connectivity index (χ1n) is 11.4. The predicted molar refractivity (Wildman–Crippen MR) is 141 cm³/mol. The zero-order valence-corrected chi connectivity index (χ0v) is 21.0. The summed E-state index contributed by atoms with van der Waals surface area (Å²) < 4.78 is 42.7. The summed E-state index contributed by atoms with van der Waals surface area (Å²) in [5.41, 5.74) is 0.514. The minimum atomic E-state index is -3.67. The van der Waals surface area contributed by atoms with Crippen molar-refractivity contribution < 1.29 is 27.3 Å². The maximum atomic E-state index is 15.2. The molecule has 1 atom stereocenters. The van der Waals surface area contributed by atoms with E-state index in [1.807, 2.05) is 54.3 Å². The summed E-state index contributed by atoms with van der Waals surface area (Å²) >= 11 is 0. The van der Waals surface area contributed by atoms with Crippen molar-refractivity contribution in [3.8, 4) is 5.69 Å². The minimum Gasteiger partial charge on any atom is -0.477 e. The molecule has 194 valence electrons. The van der Waals surface area contributed by atoms with Gasteiger partial charge in [0.1, 0.15) is 11.4 Å². The number of carboxylic acid groups (broad SMARTS) is 1. The Balaban J connectivity index is 0.000000586. The number of hydrogen-bond donors (Lipinski definition) is 3. The van der Waals surface area contributed by atoms with Crippen LogP contribution in [0.2, 0.25) is 0 Å². The monoisotopic (exact) mass is 527 g/mol. The highest BCUT2D eigenvalue weighted by Crippen LogP contribution is 2.30. The topological polar surface area (TPSA) is 129 Å². The van der Waals surface area contributed by atoms with Crippen LogP contribution in [0.3, 0.4) is 0 Å². The first-order valence-corrected chi connectivity index (χ1v) is 13.3. The lowest BCUT2D eigenvalue weighted by Crippen LogP contribution is -2.49. The molecule has 1 fully saturated rings. The quantitative estimate of drug-likeness (QED) is 0.346. The number of nitrogens with zero attached hydrogens (tertiary/aromatic N) is 2. The Kier molecular flexibility index (Phi) is 7.30. The molecule has 5 rings (SSSR count). The highest BCUT2D eigenvalue weighted by molar-refractivity contribution is 7.85. The Hall–Kier alpha value is -3.80. The number of rotatable bonds is 3. The first kappa shape index (κ1) is 26.3. The van der Waals surface area contributed by atoms with E-state index in [-0.39, 0.29) is 11.4 Å². The molecule has 1 aliphatic heterocycles. The zero-order valence-electron chi connectivity index (χ0n) is 20.2. The van der Waals surface area contributed by atoms with Gasteiger partial charge < -0.3 is 19.9 Å². The van der Waals surface area contributed by atoms with E-state index in [9.17, 15) is 23.1 Å². The number of piperazine rings is 1. The summed E-state index contributed by atoms with van der Waals surface area (Å²) in [6, 6.07) is 16.5. The second-order valence-corrected chi connectivity index (χ2v) is 10.4. The lowest BCUT2D eigenvalue weighted by Gasteiger charge is -2.34. The molecular weight excluding hydrogens is 501 g/mol. The molecule has 1 aromatic heterocycles. The number of nitrogens with one attached hydrogen (secondary N) is 1. The minimum absolute atomic E-state index is 0.0438. The Bertz CT molecular complexity index is 1660. The molecule has 37 heavy (non-hydrogen) atoms. The summed E-state index contributed by atoms with van der Waals surface area (Å²) in [5.74, 6) is -1.87. The molecule has 1 aliphatic rings. The van der Waals surface area contributed by atoms with E-state index in [4.69, 9.17) is 4.55 Å². The second-order valence-electron chi connectivity index (χ2n) is 8.90. The lowest BCUT2D eigenvalue weighted by atomic mass is 10.1. The third-order valence-corrected chi connectivity index (χ3v) is 6.04. The SMILES string of the molecule is CC1CN(c2cc3c(cc2F)c(=O)c(C(=O)O)cn3-c2cccc3ccccc23)CCN1.CS(=O)(=O)O. The van der Waals surface area contributed by atoms with Crippen molar-refractivity contribution in [2.45, 2.75) is 13.0 Å². The van der Waals surface area contributed by atoms with Gasteiger partial charge in [-0.1, -0.05) is 36.4 Å². The smallest absolute Gasteiger partial charge is 0.341 e. The van der Waals surface area contributed by atoms with Crippen molar-refractivity contribution in [3.05, 3.63) is 82.4 Å². The van der Waals surface area contributed by atoms with Crippen LogP contribution in [-0.4, -0.2) is 60.5 Å². The highest BCUT2D eigenvalue weighted by Gasteiger charge is 2.23. The summed E-state index contributed by atoms with van der Waals surface area (Å²) in [7, 11) is -3.67. The van der Waals surface area contributed by atoms with Gasteiger partial charge in [-0.15, -0.1) is 0 Å². The first-order chi connectivity index (χ1) is 17.4. The Morgan fingerprint density at radius 2 is 1.76 bits per heavy atom. The van der Waals surface area contributed by atoms with Crippen LogP contribution in [0.15, 0.2) is 65.6 Å². The van der Waals surface area contributed by atoms with Gasteiger partial charge in [0.25, 0.3) is 10.1 Å². The van der Waals surface area contributed by atoms with Crippen LogP contribution >= 0.6 is 0 Å². The molecule has 0 aliphatic carbocycles. The summed E-state index contributed by atoms with van der Waals surface area (Å²) in [6.45, 7) is 4.04. The maximum Gasteiger partial charge on any atom is 0.341 e. The van der Waals surface area contributed by atoms with Crippen molar-refractivity contribution in [2.75, 3.05) is 30.8 Å². The van der Waals surface area contributed by atoms with E-state index in [1.165, 1.54) is 12.3 Å².